The lowest BCUT2D eigenvalue weighted by Gasteiger charge is -2.37. The second kappa shape index (κ2) is 10.6. The van der Waals surface area contributed by atoms with Crippen LogP contribution in [0.3, 0.4) is 0 Å². The van der Waals surface area contributed by atoms with E-state index in [1.54, 1.807) is 6.07 Å². The molecular weight excluding hydrogens is 532 g/mol. The number of benzene rings is 3. The highest BCUT2D eigenvalue weighted by atomic mass is 19.1. The van der Waals surface area contributed by atoms with E-state index in [1.807, 2.05) is 51.1 Å². The number of anilines is 2. The van der Waals surface area contributed by atoms with E-state index in [-0.39, 0.29) is 22.3 Å². The van der Waals surface area contributed by atoms with Gasteiger partial charge in [-0.05, 0) is 74.4 Å². The van der Waals surface area contributed by atoms with Gasteiger partial charge in [0.15, 0.2) is 5.43 Å². The number of halogens is 1. The molecule has 0 amide bonds. The number of hydrogen-bond donors (Lipinski definition) is 2. The average Bonchev–Trinajstić information content (AvgIpc) is 2.95. The molecule has 0 radical (unpaired) electrons. The number of hydrogen-bond acceptors (Lipinski definition) is 7. The summed E-state index contributed by atoms with van der Waals surface area (Å²) in [6.07, 6.45) is 3.46. The molecule has 9 heteroatoms. The lowest BCUT2D eigenvalue weighted by atomic mass is 9.75. The molecule has 1 atom stereocenters. The molecule has 2 aliphatic heterocycles. The van der Waals surface area contributed by atoms with Crippen molar-refractivity contribution in [1.29, 1.82) is 0 Å². The Labute approximate surface area is 245 Å². The van der Waals surface area contributed by atoms with Gasteiger partial charge in [-0.15, -0.1) is 5.16 Å². The fourth-order valence-corrected chi connectivity index (χ4v) is 6.03. The smallest absolute Gasteiger partial charge is 0.440 e. The van der Waals surface area contributed by atoms with Gasteiger partial charge in [-0.25, -0.2) is 4.39 Å². The Morgan fingerprint density at radius 3 is 2.62 bits per heavy atom. The number of nitrogens with zero attached hydrogens (tertiary/aromatic N) is 2. The van der Waals surface area contributed by atoms with Crippen molar-refractivity contribution >= 4 is 41.3 Å². The van der Waals surface area contributed by atoms with Gasteiger partial charge < -0.3 is 24.4 Å². The fourth-order valence-electron chi connectivity index (χ4n) is 6.03. The highest BCUT2D eigenvalue weighted by Crippen LogP contribution is 2.37. The van der Waals surface area contributed by atoms with Crippen LogP contribution in [0.1, 0.15) is 61.9 Å². The SMILES string of the molecule is Cc1cc([C@@H](C)Nc2ccccc2-c2cc(F)c3c(c2)C=NOB3O)c2oc(N3CCC(C)(C)CC3)c(C)c(=O)c2c1. The van der Waals surface area contributed by atoms with Crippen LogP contribution in [0.5, 0.6) is 0 Å². The summed E-state index contributed by atoms with van der Waals surface area (Å²) in [5, 5.41) is 17.9. The van der Waals surface area contributed by atoms with Gasteiger partial charge in [-0.1, -0.05) is 38.1 Å². The summed E-state index contributed by atoms with van der Waals surface area (Å²) in [7, 11) is -1.44. The topological polar surface area (TPSA) is 87.3 Å². The molecule has 216 valence electrons. The van der Waals surface area contributed by atoms with Gasteiger partial charge in [0, 0.05) is 40.9 Å². The molecule has 3 heterocycles. The number of oxime groups is 1. The predicted octanol–water partition coefficient (Wildman–Crippen LogP) is 6.07. The maximum atomic E-state index is 15.1. The third-order valence-electron chi connectivity index (χ3n) is 8.61. The van der Waals surface area contributed by atoms with E-state index in [4.69, 9.17) is 9.17 Å². The maximum Gasteiger partial charge on any atom is 0.586 e. The van der Waals surface area contributed by atoms with Gasteiger partial charge in [0.25, 0.3) is 0 Å². The van der Waals surface area contributed by atoms with E-state index < -0.39 is 12.9 Å². The van der Waals surface area contributed by atoms with Crippen LogP contribution in [-0.2, 0) is 4.76 Å². The Kier molecular flexibility index (Phi) is 7.09. The molecule has 7 nitrogen and oxygen atoms in total. The first-order valence-electron chi connectivity index (χ1n) is 14.4. The van der Waals surface area contributed by atoms with Crippen molar-refractivity contribution in [3.63, 3.8) is 0 Å². The van der Waals surface area contributed by atoms with Crippen molar-refractivity contribution in [2.24, 2.45) is 10.6 Å². The number of fused-ring (bicyclic) bond motifs is 2. The van der Waals surface area contributed by atoms with E-state index in [9.17, 15) is 9.82 Å². The molecule has 0 bridgehead atoms. The van der Waals surface area contributed by atoms with Crippen molar-refractivity contribution in [3.8, 4) is 11.1 Å². The van der Waals surface area contributed by atoms with Crippen molar-refractivity contribution in [1.82, 2.24) is 0 Å². The van der Waals surface area contributed by atoms with Crippen LogP contribution in [0.4, 0.5) is 16.0 Å². The highest BCUT2D eigenvalue weighted by Gasteiger charge is 2.31. The standard InChI is InChI=1S/C33H35BFN3O4/c1-19-14-25(31-26(15-19)30(39)20(2)32(41-31)38-12-10-33(4,5)11-13-38)21(3)37-28-9-7-6-8-24(28)22-16-23-18-36-42-34(40)29(23)27(35)17-22/h6-9,14-18,21,37,40H,10-13H2,1-5H3/t21-/m1/s1. The summed E-state index contributed by atoms with van der Waals surface area (Å²) in [4.78, 5) is 15.8. The molecule has 42 heavy (non-hydrogen) atoms. The Hall–Kier alpha value is -4.11. The molecule has 0 aliphatic carbocycles. The molecule has 0 unspecified atom stereocenters. The molecule has 0 spiro atoms. The monoisotopic (exact) mass is 567 g/mol. The summed E-state index contributed by atoms with van der Waals surface area (Å²) in [6, 6.07) is 14.6. The van der Waals surface area contributed by atoms with E-state index in [2.05, 4.69) is 35.3 Å². The zero-order valence-corrected chi connectivity index (χ0v) is 24.6. The van der Waals surface area contributed by atoms with Crippen LogP contribution in [0, 0.1) is 25.1 Å². The average molecular weight is 567 g/mol. The summed E-state index contributed by atoms with van der Waals surface area (Å²) >= 11 is 0. The Balaban J connectivity index is 1.39. The minimum atomic E-state index is -1.44. The highest BCUT2D eigenvalue weighted by molar-refractivity contribution is 6.62. The van der Waals surface area contributed by atoms with Crippen molar-refractivity contribution in [2.75, 3.05) is 23.3 Å². The zero-order chi connectivity index (χ0) is 29.8. The molecule has 2 aliphatic rings. The van der Waals surface area contributed by atoms with E-state index in [0.29, 0.717) is 33.5 Å². The van der Waals surface area contributed by atoms with E-state index in [1.165, 1.54) is 12.3 Å². The molecule has 3 aromatic carbocycles. The van der Waals surface area contributed by atoms with Crippen LogP contribution < -0.4 is 21.1 Å². The van der Waals surface area contributed by atoms with E-state index in [0.717, 1.165) is 48.3 Å². The third-order valence-corrected chi connectivity index (χ3v) is 8.61. The van der Waals surface area contributed by atoms with E-state index >= 15 is 4.39 Å². The van der Waals surface area contributed by atoms with Gasteiger partial charge in [-0.3, -0.25) is 4.79 Å². The molecular formula is C33H35BFN3O4. The van der Waals surface area contributed by atoms with Gasteiger partial charge in [-0.2, -0.15) is 0 Å². The summed E-state index contributed by atoms with van der Waals surface area (Å²) < 4.78 is 26.5. The summed E-state index contributed by atoms with van der Waals surface area (Å²) in [5.74, 6) is 0.0810. The van der Waals surface area contributed by atoms with Crippen LogP contribution in [0.2, 0.25) is 0 Å². The first-order chi connectivity index (χ1) is 20.0. The van der Waals surface area contributed by atoms with Gasteiger partial charge in [0.1, 0.15) is 11.4 Å². The fraction of sp³-hybridized carbons (Fsp3) is 0.333. The largest absolute Gasteiger partial charge is 0.586 e. The van der Waals surface area contributed by atoms with Gasteiger partial charge in [0.2, 0.25) is 5.88 Å². The molecule has 6 rings (SSSR count). The first-order valence-corrected chi connectivity index (χ1v) is 14.4. The lowest BCUT2D eigenvalue weighted by molar-refractivity contribution is 0.274. The normalized spacial score (nSPS) is 16.7. The number of para-hydroxylation sites is 1. The minimum Gasteiger partial charge on any atom is -0.440 e. The Morgan fingerprint density at radius 1 is 1.12 bits per heavy atom. The minimum absolute atomic E-state index is 0.00833. The predicted molar refractivity (Wildman–Crippen MR) is 167 cm³/mol. The van der Waals surface area contributed by atoms with Crippen molar-refractivity contribution in [2.45, 2.75) is 53.5 Å². The first kappa shape index (κ1) is 28.0. The van der Waals surface area contributed by atoms with Crippen molar-refractivity contribution in [3.05, 3.63) is 86.8 Å². The molecule has 0 saturated carbocycles. The maximum absolute atomic E-state index is 15.1. The number of aryl methyl sites for hydroxylation is 1. The van der Waals surface area contributed by atoms with Crippen molar-refractivity contribution < 1.29 is 18.6 Å². The lowest BCUT2D eigenvalue weighted by Crippen LogP contribution is -2.40. The molecule has 2 N–H and O–H groups in total. The Bertz CT molecular complexity index is 1770. The molecule has 1 saturated heterocycles. The van der Waals surface area contributed by atoms with Crippen LogP contribution >= 0.6 is 0 Å². The quantitative estimate of drug-likeness (QED) is 0.285. The second-order valence-electron chi connectivity index (χ2n) is 12.3. The third kappa shape index (κ3) is 5.06. The summed E-state index contributed by atoms with van der Waals surface area (Å²) in [6.45, 7) is 12.1. The van der Waals surface area contributed by atoms with Crippen LogP contribution in [-0.4, -0.2) is 31.4 Å². The second-order valence-corrected chi connectivity index (χ2v) is 12.3. The number of nitrogens with one attached hydrogen (secondary N) is 1. The Morgan fingerprint density at radius 2 is 1.86 bits per heavy atom. The molecule has 4 aromatic rings. The van der Waals surface area contributed by atoms with Gasteiger partial charge >= 0.3 is 7.12 Å². The van der Waals surface area contributed by atoms with Crippen LogP contribution in [0.15, 0.2) is 62.9 Å². The summed E-state index contributed by atoms with van der Waals surface area (Å²) in [5.41, 5.74) is 6.06. The molecule has 1 fully saturated rings. The van der Waals surface area contributed by atoms with Gasteiger partial charge in [0.05, 0.1) is 23.2 Å². The number of piperidine rings is 1. The molecule has 1 aromatic heterocycles. The number of rotatable bonds is 5. The van der Waals surface area contributed by atoms with Crippen LogP contribution in [0.25, 0.3) is 22.1 Å². The zero-order valence-electron chi connectivity index (χ0n) is 24.6.